The van der Waals surface area contributed by atoms with Gasteiger partial charge < -0.3 is 14.6 Å². The standard InChI is InChI=1S/C24H25F3N6O4S/c1-28-24(34)23-31-19(37-33-23)11-30-38(35,36)29-10-12-6-14(7-12)20-17-8-16(26)9-18(27)22(17)32-21(20)13-2-4-15(25)5-3-13/h2-5,8-9,12,14,24,28-30,32,34H,6-7,10-11H2,1H3/t12-,14-,24?. The summed E-state index contributed by atoms with van der Waals surface area (Å²) >= 11 is 0. The van der Waals surface area contributed by atoms with Crippen molar-refractivity contribution in [2.24, 2.45) is 5.92 Å². The fourth-order valence-corrected chi connectivity index (χ4v) is 5.53. The van der Waals surface area contributed by atoms with Crippen molar-refractivity contribution >= 4 is 21.1 Å². The molecule has 5 rings (SSSR count). The molecule has 1 unspecified atom stereocenters. The minimum atomic E-state index is -3.89. The minimum absolute atomic E-state index is 0.0122. The molecular weight excluding hydrogens is 525 g/mol. The Balaban J connectivity index is 1.25. The van der Waals surface area contributed by atoms with Crippen molar-refractivity contribution in [1.29, 1.82) is 0 Å². The predicted octanol–water partition coefficient (Wildman–Crippen LogP) is 2.96. The Morgan fingerprint density at radius 3 is 2.58 bits per heavy atom. The summed E-state index contributed by atoms with van der Waals surface area (Å²) in [7, 11) is -2.39. The number of halogens is 3. The number of H-pyrrole nitrogens is 1. The average molecular weight is 551 g/mol. The smallest absolute Gasteiger partial charge is 0.277 e. The highest BCUT2D eigenvalue weighted by molar-refractivity contribution is 7.87. The highest BCUT2D eigenvalue weighted by Gasteiger charge is 2.35. The summed E-state index contributed by atoms with van der Waals surface area (Å²) in [5.41, 5.74) is 2.10. The first-order valence-electron chi connectivity index (χ1n) is 11.8. The first-order chi connectivity index (χ1) is 18.1. The van der Waals surface area contributed by atoms with Crippen molar-refractivity contribution in [2.45, 2.75) is 31.5 Å². The van der Waals surface area contributed by atoms with Crippen LogP contribution >= 0.6 is 0 Å². The zero-order valence-electron chi connectivity index (χ0n) is 20.1. The molecule has 1 atom stereocenters. The van der Waals surface area contributed by atoms with Gasteiger partial charge in [-0.15, -0.1) is 0 Å². The monoisotopic (exact) mass is 550 g/mol. The van der Waals surface area contributed by atoms with Gasteiger partial charge in [0.2, 0.25) is 11.7 Å². The minimum Gasteiger partial charge on any atom is -0.371 e. The van der Waals surface area contributed by atoms with Gasteiger partial charge in [0.05, 0.1) is 17.8 Å². The molecule has 4 aromatic rings. The summed E-state index contributed by atoms with van der Waals surface area (Å²) in [5, 5.41) is 16.1. The molecule has 14 heteroatoms. The van der Waals surface area contributed by atoms with Crippen LogP contribution in [-0.2, 0) is 16.8 Å². The molecule has 5 N–H and O–H groups in total. The largest absolute Gasteiger partial charge is 0.371 e. The first kappa shape index (κ1) is 26.3. The number of fused-ring (bicyclic) bond motifs is 1. The van der Waals surface area contributed by atoms with Crippen LogP contribution in [0.3, 0.4) is 0 Å². The topological polar surface area (TPSA) is 145 Å². The molecule has 0 saturated heterocycles. The zero-order valence-corrected chi connectivity index (χ0v) is 20.9. The number of aliphatic hydroxyl groups is 1. The number of nitrogens with one attached hydrogen (secondary N) is 4. The summed E-state index contributed by atoms with van der Waals surface area (Å²) in [4.78, 5) is 6.93. The summed E-state index contributed by atoms with van der Waals surface area (Å²) in [6, 6.07) is 7.81. The van der Waals surface area contributed by atoms with Crippen LogP contribution in [0.5, 0.6) is 0 Å². The lowest BCUT2D eigenvalue weighted by molar-refractivity contribution is 0.136. The Morgan fingerprint density at radius 1 is 1.13 bits per heavy atom. The molecule has 0 spiro atoms. The highest BCUT2D eigenvalue weighted by Crippen LogP contribution is 2.48. The Bertz CT molecular complexity index is 1550. The fourth-order valence-electron chi connectivity index (χ4n) is 4.66. The molecular formula is C24H25F3N6O4S. The maximum Gasteiger partial charge on any atom is 0.277 e. The van der Waals surface area contributed by atoms with Gasteiger partial charge in [-0.3, -0.25) is 5.32 Å². The summed E-state index contributed by atoms with van der Waals surface area (Å²) in [6.07, 6.45) is 0.0236. The van der Waals surface area contributed by atoms with Crippen LogP contribution in [0.4, 0.5) is 13.2 Å². The maximum absolute atomic E-state index is 14.5. The van der Waals surface area contributed by atoms with E-state index in [-0.39, 0.29) is 42.2 Å². The number of hydrogen-bond acceptors (Lipinski definition) is 7. The number of nitrogens with zero attached hydrogens (tertiary/aromatic N) is 2. The van der Waals surface area contributed by atoms with E-state index in [2.05, 4.69) is 29.9 Å². The first-order valence-corrected chi connectivity index (χ1v) is 13.3. The lowest BCUT2D eigenvalue weighted by Crippen LogP contribution is -2.41. The molecule has 0 bridgehead atoms. The SMILES string of the molecule is CNC(O)c1noc(CNS(=O)(=O)NC[C@H]2C[C@H](c3c(-c4ccc(F)cc4)[nH]c4c(F)cc(F)cc43)C2)n1. The molecule has 2 aromatic heterocycles. The lowest BCUT2D eigenvalue weighted by atomic mass is 9.70. The third-order valence-corrected chi connectivity index (χ3v) is 7.69. The van der Waals surface area contributed by atoms with Crippen molar-refractivity contribution < 1.29 is 31.2 Å². The van der Waals surface area contributed by atoms with Gasteiger partial charge >= 0.3 is 0 Å². The number of aliphatic hydroxyl groups excluding tert-OH is 1. The molecule has 1 aliphatic carbocycles. The second kappa shape index (κ2) is 10.5. The second-order valence-electron chi connectivity index (χ2n) is 9.18. The summed E-state index contributed by atoms with van der Waals surface area (Å²) < 4.78 is 76.6. The van der Waals surface area contributed by atoms with Gasteiger partial charge in [0.25, 0.3) is 10.2 Å². The van der Waals surface area contributed by atoms with Crippen LogP contribution < -0.4 is 14.8 Å². The fraction of sp³-hybridized carbons (Fsp3) is 0.333. The van der Waals surface area contributed by atoms with Crippen molar-refractivity contribution in [1.82, 2.24) is 29.9 Å². The number of aromatic amines is 1. The van der Waals surface area contributed by atoms with Gasteiger partial charge in [0.15, 0.2) is 6.23 Å². The number of benzene rings is 2. The van der Waals surface area contributed by atoms with E-state index in [1.54, 1.807) is 12.1 Å². The van der Waals surface area contributed by atoms with E-state index in [9.17, 15) is 26.7 Å². The molecule has 10 nitrogen and oxygen atoms in total. The Kier molecular flexibility index (Phi) is 7.24. The maximum atomic E-state index is 14.5. The van der Waals surface area contributed by atoms with Crippen LogP contribution in [0.1, 0.15) is 42.3 Å². The highest BCUT2D eigenvalue weighted by atomic mass is 32.2. The molecule has 2 heterocycles. The van der Waals surface area contributed by atoms with Crippen molar-refractivity contribution in [3.63, 3.8) is 0 Å². The van der Waals surface area contributed by atoms with Crippen molar-refractivity contribution in [2.75, 3.05) is 13.6 Å². The average Bonchev–Trinajstić information content (AvgIpc) is 3.48. The van der Waals surface area contributed by atoms with Crippen LogP contribution in [0.2, 0.25) is 0 Å². The summed E-state index contributed by atoms with van der Waals surface area (Å²) in [6.45, 7) is -0.115. The van der Waals surface area contributed by atoms with E-state index >= 15 is 0 Å². The lowest BCUT2D eigenvalue weighted by Gasteiger charge is -2.36. The van der Waals surface area contributed by atoms with E-state index in [0.29, 0.717) is 29.5 Å². The molecule has 1 aliphatic rings. The number of hydrogen-bond donors (Lipinski definition) is 5. The van der Waals surface area contributed by atoms with Crippen LogP contribution in [0.25, 0.3) is 22.2 Å². The van der Waals surface area contributed by atoms with Gasteiger partial charge in [0.1, 0.15) is 17.5 Å². The van der Waals surface area contributed by atoms with Gasteiger partial charge in [-0.1, -0.05) is 5.16 Å². The van der Waals surface area contributed by atoms with E-state index in [0.717, 1.165) is 11.6 Å². The number of aromatic nitrogens is 3. The van der Waals surface area contributed by atoms with Crippen molar-refractivity contribution in [3.05, 3.63) is 71.1 Å². The van der Waals surface area contributed by atoms with Gasteiger partial charge in [-0.25, -0.2) is 17.9 Å². The third-order valence-electron chi connectivity index (χ3n) is 6.62. The molecule has 202 valence electrons. The molecule has 38 heavy (non-hydrogen) atoms. The molecule has 1 saturated carbocycles. The second-order valence-corrected chi connectivity index (χ2v) is 10.8. The molecule has 1 fully saturated rings. The summed E-state index contributed by atoms with van der Waals surface area (Å²) in [5.74, 6) is -1.97. The van der Waals surface area contributed by atoms with Crippen LogP contribution in [0, 0.1) is 23.4 Å². The third kappa shape index (κ3) is 5.44. The van der Waals surface area contributed by atoms with Crippen LogP contribution in [-0.4, -0.2) is 42.2 Å². The number of rotatable bonds is 10. The van der Waals surface area contributed by atoms with E-state index in [1.807, 2.05) is 0 Å². The normalized spacial score (nSPS) is 18.6. The predicted molar refractivity (Wildman–Crippen MR) is 131 cm³/mol. The van der Waals surface area contributed by atoms with E-state index in [4.69, 9.17) is 4.52 Å². The molecule has 0 aliphatic heterocycles. The van der Waals surface area contributed by atoms with Crippen molar-refractivity contribution in [3.8, 4) is 11.3 Å². The van der Waals surface area contributed by atoms with Gasteiger partial charge in [-0.05, 0) is 73.2 Å². The zero-order chi connectivity index (χ0) is 27.0. The molecule has 2 aromatic carbocycles. The van der Waals surface area contributed by atoms with Crippen LogP contribution in [0.15, 0.2) is 40.9 Å². The molecule has 0 amide bonds. The van der Waals surface area contributed by atoms with Gasteiger partial charge in [-0.2, -0.15) is 18.1 Å². The van der Waals surface area contributed by atoms with E-state index in [1.165, 1.54) is 25.2 Å². The Labute approximate surface area is 215 Å². The molecule has 0 radical (unpaired) electrons. The quantitative estimate of drug-likeness (QED) is 0.191. The van der Waals surface area contributed by atoms with Gasteiger partial charge in [0, 0.05) is 18.0 Å². The van der Waals surface area contributed by atoms with E-state index < -0.39 is 33.9 Å². The Hall–Kier alpha value is -3.30. The Morgan fingerprint density at radius 2 is 1.87 bits per heavy atom.